The molecule has 1 aromatic rings. The number of amides is 3. The van der Waals surface area contributed by atoms with E-state index >= 15 is 0 Å². The molecule has 0 spiro atoms. The van der Waals surface area contributed by atoms with Gasteiger partial charge in [-0.15, -0.1) is 0 Å². The molecule has 7 heteroatoms. The van der Waals surface area contributed by atoms with Gasteiger partial charge in [0.1, 0.15) is 0 Å². The van der Waals surface area contributed by atoms with Crippen molar-refractivity contribution in [1.29, 1.82) is 0 Å². The summed E-state index contributed by atoms with van der Waals surface area (Å²) in [6.07, 6.45) is 0.693. The van der Waals surface area contributed by atoms with Crippen LogP contribution in [0.25, 0.3) is 0 Å². The van der Waals surface area contributed by atoms with Gasteiger partial charge in [0, 0.05) is 6.54 Å². The van der Waals surface area contributed by atoms with Crippen LogP contribution < -0.4 is 10.6 Å². The van der Waals surface area contributed by atoms with Crippen molar-refractivity contribution in [3.05, 3.63) is 34.4 Å². The molecule has 3 N–H and O–H groups in total. The molecule has 20 heavy (non-hydrogen) atoms. The molecule has 0 atom stereocenters. The molecule has 0 saturated heterocycles. The van der Waals surface area contributed by atoms with Crippen molar-refractivity contribution in [3.63, 3.8) is 0 Å². The van der Waals surface area contributed by atoms with Crippen LogP contribution in [0.3, 0.4) is 0 Å². The first-order valence-corrected chi connectivity index (χ1v) is 6.01. The molecule has 0 aliphatic carbocycles. The van der Waals surface area contributed by atoms with Gasteiger partial charge in [-0.1, -0.05) is 6.92 Å². The molecule has 1 aromatic carbocycles. The fourth-order valence-electron chi connectivity index (χ4n) is 1.91. The van der Waals surface area contributed by atoms with Crippen LogP contribution >= 0.6 is 0 Å². The average Bonchev–Trinajstić information content (AvgIpc) is 2.69. The van der Waals surface area contributed by atoms with E-state index in [9.17, 15) is 19.2 Å². The smallest absolute Gasteiger partial charge is 0.336 e. The Morgan fingerprint density at radius 1 is 1.15 bits per heavy atom. The minimum atomic E-state index is -1.33. The number of benzene rings is 1. The topological polar surface area (TPSA) is 113 Å². The van der Waals surface area contributed by atoms with Crippen molar-refractivity contribution >= 4 is 23.7 Å². The molecule has 0 unspecified atom stereocenters. The minimum absolute atomic E-state index is 0.0154. The van der Waals surface area contributed by atoms with Crippen molar-refractivity contribution in [2.75, 3.05) is 6.54 Å². The summed E-state index contributed by atoms with van der Waals surface area (Å²) in [6, 6.07) is 2.20. The van der Waals surface area contributed by atoms with Gasteiger partial charge in [0.2, 0.25) is 0 Å². The fourth-order valence-corrected chi connectivity index (χ4v) is 1.91. The van der Waals surface area contributed by atoms with Crippen molar-refractivity contribution in [2.24, 2.45) is 0 Å². The Hall–Kier alpha value is -2.70. The summed E-state index contributed by atoms with van der Waals surface area (Å²) in [5, 5.41) is 13.7. The van der Waals surface area contributed by atoms with E-state index in [0.717, 1.165) is 12.1 Å². The van der Waals surface area contributed by atoms with Gasteiger partial charge in [-0.25, -0.2) is 4.79 Å². The Bertz CT molecular complexity index is 636. The zero-order chi connectivity index (χ0) is 14.9. The van der Waals surface area contributed by atoms with Crippen LogP contribution in [0.15, 0.2) is 12.1 Å². The van der Waals surface area contributed by atoms with Crippen LogP contribution in [0, 0.1) is 0 Å². The summed E-state index contributed by atoms with van der Waals surface area (Å²) in [7, 11) is 0. The predicted octanol–water partition coefficient (Wildman–Crippen LogP) is 0.408. The molecule has 0 radical (unpaired) electrons. The minimum Gasteiger partial charge on any atom is -0.478 e. The zero-order valence-electron chi connectivity index (χ0n) is 10.6. The monoisotopic (exact) mass is 276 g/mol. The quantitative estimate of drug-likeness (QED) is 0.689. The van der Waals surface area contributed by atoms with E-state index in [0.29, 0.717) is 13.0 Å². The van der Waals surface area contributed by atoms with Crippen molar-refractivity contribution in [2.45, 2.75) is 13.3 Å². The molecular formula is C13H12N2O5. The van der Waals surface area contributed by atoms with Crippen molar-refractivity contribution in [1.82, 2.24) is 10.6 Å². The largest absolute Gasteiger partial charge is 0.478 e. The van der Waals surface area contributed by atoms with Gasteiger partial charge in [0.05, 0.1) is 22.3 Å². The Morgan fingerprint density at radius 3 is 2.20 bits per heavy atom. The van der Waals surface area contributed by atoms with E-state index in [2.05, 4.69) is 10.6 Å². The SMILES string of the molecule is CCCNC(=O)c1cc2c(cc1C(=O)O)C(=O)NC2=O. The standard InChI is InChI=1S/C13H12N2O5/c1-2-3-14-10(16)8-4-6-7(5-9(8)13(19)20)12(18)15-11(6)17/h4-5H,2-3H2,1H3,(H,14,16)(H,19,20)(H,15,17,18). The van der Waals surface area contributed by atoms with Gasteiger partial charge in [-0.2, -0.15) is 0 Å². The first kappa shape index (κ1) is 13.7. The second-order valence-corrected chi connectivity index (χ2v) is 4.29. The average molecular weight is 276 g/mol. The van der Waals surface area contributed by atoms with Crippen LogP contribution in [0.4, 0.5) is 0 Å². The van der Waals surface area contributed by atoms with Crippen LogP contribution in [0.2, 0.25) is 0 Å². The Morgan fingerprint density at radius 2 is 1.70 bits per heavy atom. The normalized spacial score (nSPS) is 12.8. The van der Waals surface area contributed by atoms with Gasteiger partial charge in [0.25, 0.3) is 17.7 Å². The lowest BCUT2D eigenvalue weighted by atomic mass is 9.99. The summed E-state index contributed by atoms with van der Waals surface area (Å²) in [4.78, 5) is 46.1. The molecule has 1 heterocycles. The van der Waals surface area contributed by atoms with E-state index < -0.39 is 23.7 Å². The first-order chi connectivity index (χ1) is 9.45. The second kappa shape index (κ2) is 5.12. The van der Waals surface area contributed by atoms with Crippen molar-refractivity contribution in [3.8, 4) is 0 Å². The summed E-state index contributed by atoms with van der Waals surface area (Å²) in [5.74, 6) is -3.21. The molecule has 2 rings (SSSR count). The number of carbonyl (C=O) groups is 4. The fraction of sp³-hybridized carbons (Fsp3) is 0.231. The van der Waals surface area contributed by atoms with Crippen LogP contribution in [-0.4, -0.2) is 35.3 Å². The van der Waals surface area contributed by atoms with Crippen LogP contribution in [0.5, 0.6) is 0 Å². The van der Waals surface area contributed by atoms with E-state index in [1.54, 1.807) is 0 Å². The molecule has 7 nitrogen and oxygen atoms in total. The Kier molecular flexibility index (Phi) is 3.51. The highest BCUT2D eigenvalue weighted by atomic mass is 16.4. The van der Waals surface area contributed by atoms with Crippen molar-refractivity contribution < 1.29 is 24.3 Å². The van der Waals surface area contributed by atoms with Crippen LogP contribution in [-0.2, 0) is 0 Å². The van der Waals surface area contributed by atoms with Gasteiger partial charge < -0.3 is 10.4 Å². The molecule has 0 aromatic heterocycles. The van der Waals surface area contributed by atoms with E-state index in [-0.39, 0.29) is 22.3 Å². The highest BCUT2D eigenvalue weighted by Crippen LogP contribution is 2.21. The molecule has 104 valence electrons. The summed E-state index contributed by atoms with van der Waals surface area (Å²) in [6.45, 7) is 2.24. The lowest BCUT2D eigenvalue weighted by molar-refractivity contribution is 0.0690. The van der Waals surface area contributed by atoms with Crippen LogP contribution in [0.1, 0.15) is 54.8 Å². The Balaban J connectivity index is 2.53. The number of imide groups is 1. The van der Waals surface area contributed by atoms with Gasteiger partial charge in [-0.05, 0) is 18.6 Å². The van der Waals surface area contributed by atoms with E-state index in [4.69, 9.17) is 5.11 Å². The molecule has 0 fully saturated rings. The maximum Gasteiger partial charge on any atom is 0.336 e. The molecule has 1 aliphatic rings. The number of aromatic carboxylic acids is 1. The predicted molar refractivity (Wildman–Crippen MR) is 67.8 cm³/mol. The van der Waals surface area contributed by atoms with E-state index in [1.807, 2.05) is 6.92 Å². The number of hydrogen-bond acceptors (Lipinski definition) is 4. The molecule has 0 bridgehead atoms. The Labute approximate surface area is 114 Å². The third-order valence-electron chi connectivity index (χ3n) is 2.88. The number of rotatable bonds is 4. The summed E-state index contributed by atoms with van der Waals surface area (Å²) < 4.78 is 0. The number of hydrogen-bond donors (Lipinski definition) is 3. The lowest BCUT2D eigenvalue weighted by Gasteiger charge is -2.08. The number of carbonyl (C=O) groups excluding carboxylic acids is 3. The zero-order valence-corrected chi connectivity index (χ0v) is 10.6. The number of carboxylic acids is 1. The highest BCUT2D eigenvalue weighted by Gasteiger charge is 2.31. The third-order valence-corrected chi connectivity index (χ3v) is 2.88. The molecular weight excluding hydrogens is 264 g/mol. The van der Waals surface area contributed by atoms with Gasteiger partial charge >= 0.3 is 5.97 Å². The second-order valence-electron chi connectivity index (χ2n) is 4.29. The maximum atomic E-state index is 11.9. The first-order valence-electron chi connectivity index (χ1n) is 6.01. The lowest BCUT2D eigenvalue weighted by Crippen LogP contribution is -2.26. The third kappa shape index (κ3) is 2.25. The number of carboxylic acid groups (broad SMARTS) is 1. The molecule has 1 aliphatic heterocycles. The molecule has 3 amide bonds. The number of nitrogens with one attached hydrogen (secondary N) is 2. The number of fused-ring (bicyclic) bond motifs is 1. The van der Waals surface area contributed by atoms with Gasteiger partial charge in [-0.3, -0.25) is 19.7 Å². The summed E-state index contributed by atoms with van der Waals surface area (Å²) in [5.41, 5.74) is -0.446. The highest BCUT2D eigenvalue weighted by molar-refractivity contribution is 6.23. The van der Waals surface area contributed by atoms with Gasteiger partial charge in [0.15, 0.2) is 0 Å². The van der Waals surface area contributed by atoms with E-state index in [1.165, 1.54) is 0 Å². The summed E-state index contributed by atoms with van der Waals surface area (Å²) >= 11 is 0. The maximum absolute atomic E-state index is 11.9. The molecule has 0 saturated carbocycles.